The summed E-state index contributed by atoms with van der Waals surface area (Å²) in [4.78, 5) is 33.2. The van der Waals surface area contributed by atoms with E-state index < -0.39 is 11.9 Å². The van der Waals surface area contributed by atoms with Crippen LogP contribution in [0.4, 0.5) is 5.82 Å². The molecule has 0 saturated carbocycles. The third-order valence-electron chi connectivity index (χ3n) is 7.24. The van der Waals surface area contributed by atoms with Gasteiger partial charge in [-0.05, 0) is 53.4 Å². The van der Waals surface area contributed by atoms with Crippen molar-refractivity contribution in [3.8, 4) is 6.07 Å². The van der Waals surface area contributed by atoms with Gasteiger partial charge in [0.2, 0.25) is 5.91 Å². The lowest BCUT2D eigenvalue weighted by molar-refractivity contribution is -0.119. The molecule has 0 aliphatic carbocycles. The summed E-state index contributed by atoms with van der Waals surface area (Å²) in [5.74, 6) is 0.851. The van der Waals surface area contributed by atoms with Crippen molar-refractivity contribution in [3.05, 3.63) is 112 Å². The number of thioether (sulfide) groups is 1. The summed E-state index contributed by atoms with van der Waals surface area (Å²) in [6, 6.07) is 21.7. The molecule has 8 nitrogen and oxygen atoms in total. The topological polar surface area (TPSA) is 117 Å². The summed E-state index contributed by atoms with van der Waals surface area (Å²) in [6.07, 6.45) is 4.81. The molecule has 0 radical (unpaired) electrons. The summed E-state index contributed by atoms with van der Waals surface area (Å²) in [5, 5.41) is 12.5. The zero-order valence-electron chi connectivity index (χ0n) is 22.5. The number of nitriles is 1. The normalized spacial score (nSPS) is 14.9. The van der Waals surface area contributed by atoms with Gasteiger partial charge in [0.05, 0.1) is 42.3 Å². The van der Waals surface area contributed by atoms with E-state index in [0.717, 1.165) is 39.6 Å². The molecule has 1 aliphatic heterocycles. The third kappa shape index (κ3) is 6.40. The lowest BCUT2D eigenvalue weighted by atomic mass is 9.99. The Morgan fingerprint density at radius 3 is 2.61 bits per heavy atom. The second-order valence-electron chi connectivity index (χ2n) is 9.94. The first kappa shape index (κ1) is 28.3. The van der Waals surface area contributed by atoms with Gasteiger partial charge in [0.25, 0.3) is 5.91 Å². The van der Waals surface area contributed by atoms with E-state index in [2.05, 4.69) is 31.9 Å². The van der Waals surface area contributed by atoms with Gasteiger partial charge in [-0.1, -0.05) is 48.0 Å². The summed E-state index contributed by atoms with van der Waals surface area (Å²) < 4.78 is 2.08. The number of imidazole rings is 1. The first-order chi connectivity index (χ1) is 19.8. The molecule has 0 spiro atoms. The number of nitrogens with zero attached hydrogens (tertiary/aromatic N) is 4. The number of fused-ring (bicyclic) bond motifs is 1. The molecule has 10 heteroatoms. The van der Waals surface area contributed by atoms with E-state index in [1.807, 2.05) is 55.7 Å². The Kier molecular flexibility index (Phi) is 8.62. The molecule has 1 aromatic heterocycles. The van der Waals surface area contributed by atoms with Gasteiger partial charge in [-0.15, -0.1) is 11.8 Å². The van der Waals surface area contributed by atoms with E-state index in [0.29, 0.717) is 22.7 Å². The van der Waals surface area contributed by atoms with Gasteiger partial charge in [-0.2, -0.15) is 5.26 Å². The molecule has 0 saturated heterocycles. The first-order valence-electron chi connectivity index (χ1n) is 13.2. The minimum Gasteiger partial charge on any atom is -0.368 e. The van der Waals surface area contributed by atoms with Crippen molar-refractivity contribution < 1.29 is 9.59 Å². The van der Waals surface area contributed by atoms with Crippen molar-refractivity contribution >= 4 is 41.0 Å². The van der Waals surface area contributed by atoms with Crippen LogP contribution in [0.2, 0.25) is 5.02 Å². The average molecular weight is 585 g/mol. The van der Waals surface area contributed by atoms with Gasteiger partial charge < -0.3 is 20.5 Å². The van der Waals surface area contributed by atoms with Crippen LogP contribution in [0, 0.1) is 11.3 Å². The van der Waals surface area contributed by atoms with Crippen LogP contribution in [0.1, 0.15) is 45.1 Å². The minimum absolute atomic E-state index is 0.0245. The Morgan fingerprint density at radius 2 is 1.90 bits per heavy atom. The molecular weight excluding hydrogens is 556 g/mol. The number of halogens is 1. The smallest absolute Gasteiger partial charge is 0.253 e. The Bertz CT molecular complexity index is 1600. The number of nitrogens with two attached hydrogens (primary N) is 1. The Labute approximate surface area is 248 Å². The molecule has 2 heterocycles. The maximum absolute atomic E-state index is 13.5. The summed E-state index contributed by atoms with van der Waals surface area (Å²) in [6.45, 7) is 0.615. The number of rotatable bonds is 9. The maximum Gasteiger partial charge on any atom is 0.253 e. The number of hydrogen-bond donors (Lipinski definition) is 2. The van der Waals surface area contributed by atoms with Crippen LogP contribution in [0.15, 0.2) is 84.1 Å². The van der Waals surface area contributed by atoms with Crippen LogP contribution in [-0.2, 0) is 17.8 Å². The van der Waals surface area contributed by atoms with E-state index >= 15 is 0 Å². The molecular formula is C31H29ClN6O2S. The molecule has 0 bridgehead atoms. The zero-order chi connectivity index (χ0) is 28.9. The zero-order valence-corrected chi connectivity index (χ0v) is 24.0. The SMILES string of the molecule is CN(c1cncn1Cc1ccc(C#N)cc1)[C@H]1CCSc2c(C(=O)N[C@@H](Cc3ccc(Cl)cc3)C(N)=O)cccc21. The van der Waals surface area contributed by atoms with Gasteiger partial charge >= 0.3 is 0 Å². The highest BCUT2D eigenvalue weighted by Crippen LogP contribution is 2.42. The fraction of sp³-hybridized carbons (Fsp3) is 0.226. The highest BCUT2D eigenvalue weighted by molar-refractivity contribution is 7.99. The van der Waals surface area contributed by atoms with E-state index in [-0.39, 0.29) is 18.4 Å². The minimum atomic E-state index is -0.858. The number of hydrogen-bond acceptors (Lipinski definition) is 6. The number of primary amides is 1. The van der Waals surface area contributed by atoms with Gasteiger partial charge in [0, 0.05) is 29.1 Å². The van der Waals surface area contributed by atoms with Crippen LogP contribution < -0.4 is 16.0 Å². The van der Waals surface area contributed by atoms with Crippen molar-refractivity contribution in [2.75, 3.05) is 17.7 Å². The fourth-order valence-corrected chi connectivity index (χ4v) is 6.43. The van der Waals surface area contributed by atoms with Crippen LogP contribution in [-0.4, -0.2) is 40.2 Å². The lowest BCUT2D eigenvalue weighted by Gasteiger charge is -2.35. The van der Waals surface area contributed by atoms with Crippen molar-refractivity contribution in [1.82, 2.24) is 14.9 Å². The number of amides is 2. The molecule has 5 rings (SSSR count). The summed E-state index contributed by atoms with van der Waals surface area (Å²) in [7, 11) is 2.04. The Hall–Kier alpha value is -4.26. The first-order valence-corrected chi connectivity index (χ1v) is 14.5. The van der Waals surface area contributed by atoms with Crippen LogP contribution in [0.3, 0.4) is 0 Å². The van der Waals surface area contributed by atoms with Crippen molar-refractivity contribution in [2.45, 2.75) is 36.4 Å². The van der Waals surface area contributed by atoms with Gasteiger partial charge in [0.1, 0.15) is 11.9 Å². The predicted octanol–water partition coefficient (Wildman–Crippen LogP) is 4.96. The molecule has 3 aromatic carbocycles. The number of aromatic nitrogens is 2. The number of benzene rings is 3. The van der Waals surface area contributed by atoms with E-state index in [1.54, 1.807) is 36.3 Å². The average Bonchev–Trinajstić information content (AvgIpc) is 3.45. The summed E-state index contributed by atoms with van der Waals surface area (Å²) in [5.41, 5.74) is 9.78. The molecule has 208 valence electrons. The Morgan fingerprint density at radius 1 is 1.17 bits per heavy atom. The second-order valence-corrected chi connectivity index (χ2v) is 11.5. The summed E-state index contributed by atoms with van der Waals surface area (Å²) >= 11 is 7.63. The largest absolute Gasteiger partial charge is 0.368 e. The highest BCUT2D eigenvalue weighted by atomic mass is 35.5. The molecule has 4 aromatic rings. The maximum atomic E-state index is 13.5. The number of anilines is 1. The molecule has 2 atom stereocenters. The molecule has 2 amide bonds. The van der Waals surface area contributed by atoms with E-state index in [9.17, 15) is 9.59 Å². The fourth-order valence-electron chi connectivity index (χ4n) is 5.07. The van der Waals surface area contributed by atoms with Crippen molar-refractivity contribution in [2.24, 2.45) is 5.73 Å². The molecule has 1 aliphatic rings. The van der Waals surface area contributed by atoms with Crippen LogP contribution in [0.5, 0.6) is 0 Å². The predicted molar refractivity (Wildman–Crippen MR) is 161 cm³/mol. The van der Waals surface area contributed by atoms with Crippen LogP contribution >= 0.6 is 23.4 Å². The van der Waals surface area contributed by atoms with Crippen molar-refractivity contribution in [3.63, 3.8) is 0 Å². The second kappa shape index (κ2) is 12.5. The van der Waals surface area contributed by atoms with Gasteiger partial charge in [0.15, 0.2) is 0 Å². The standard InChI is InChI=1S/C31H29ClN6O2S/c1-37(28-17-35-19-38(28)18-22-7-5-21(16-33)6-8-22)27-13-14-41-29-24(27)3-2-4-25(29)31(40)36-26(30(34)39)15-20-9-11-23(32)12-10-20/h2-12,17,19,26-27H,13-15,18H2,1H3,(H2,34,39)(H,36,40)/t26-,27-/m0/s1. The van der Waals surface area contributed by atoms with E-state index in [4.69, 9.17) is 22.6 Å². The molecule has 0 unspecified atom stereocenters. The highest BCUT2D eigenvalue weighted by Gasteiger charge is 2.30. The monoisotopic (exact) mass is 584 g/mol. The quantitative estimate of drug-likeness (QED) is 0.287. The molecule has 0 fully saturated rings. The number of nitrogens with one attached hydrogen (secondary N) is 1. The van der Waals surface area contributed by atoms with Crippen molar-refractivity contribution in [1.29, 1.82) is 5.26 Å². The van der Waals surface area contributed by atoms with Gasteiger partial charge in [-0.3, -0.25) is 9.59 Å². The van der Waals surface area contributed by atoms with E-state index in [1.165, 1.54) is 0 Å². The lowest BCUT2D eigenvalue weighted by Crippen LogP contribution is -2.46. The molecule has 41 heavy (non-hydrogen) atoms. The number of carbonyl (C=O) groups excluding carboxylic acids is 2. The molecule has 3 N–H and O–H groups in total. The Balaban J connectivity index is 1.36. The van der Waals surface area contributed by atoms with Gasteiger partial charge in [-0.25, -0.2) is 4.98 Å². The third-order valence-corrected chi connectivity index (χ3v) is 8.68. The van der Waals surface area contributed by atoms with Crippen LogP contribution in [0.25, 0.3) is 0 Å². The number of carbonyl (C=O) groups is 2.